The number of carbonyl (C=O) groups is 1. The summed E-state index contributed by atoms with van der Waals surface area (Å²) >= 11 is 0. The van der Waals surface area contributed by atoms with Gasteiger partial charge in [-0.25, -0.2) is 0 Å². The number of hydrogen-bond acceptors (Lipinski definition) is 4. The Morgan fingerprint density at radius 3 is 2.52 bits per heavy atom. The average Bonchev–Trinajstić information content (AvgIpc) is 2.64. The molecule has 3 aliphatic heterocycles. The molecule has 0 aliphatic carbocycles. The van der Waals surface area contributed by atoms with Crippen LogP contribution in [-0.2, 0) is 14.2 Å². The van der Waals surface area contributed by atoms with Gasteiger partial charge in [0, 0.05) is 38.4 Å². The molecular weight excluding hydrogens is 342 g/mol. The average molecular weight is 373 g/mol. The molecule has 0 aromatic heterocycles. The van der Waals surface area contributed by atoms with Crippen molar-refractivity contribution in [2.75, 3.05) is 39.5 Å². The Morgan fingerprint density at radius 1 is 1.11 bits per heavy atom. The van der Waals surface area contributed by atoms with Crippen molar-refractivity contribution in [2.45, 2.75) is 51.2 Å². The molecule has 0 radical (unpaired) electrons. The van der Waals surface area contributed by atoms with Crippen LogP contribution in [0.15, 0.2) is 18.2 Å². The maximum Gasteiger partial charge on any atom is 0.254 e. The van der Waals surface area contributed by atoms with E-state index in [4.69, 9.17) is 14.2 Å². The van der Waals surface area contributed by atoms with E-state index in [1.54, 1.807) is 0 Å². The SMILES string of the molecule is Cc1cc(C)cc(C(=O)N2CC3(C[C@@H](OCC4CCOCC4)CCO3)C2)c1. The lowest BCUT2D eigenvalue weighted by Gasteiger charge is -2.53. The van der Waals surface area contributed by atoms with Gasteiger partial charge in [0.15, 0.2) is 0 Å². The van der Waals surface area contributed by atoms with E-state index in [1.807, 2.05) is 30.9 Å². The van der Waals surface area contributed by atoms with Gasteiger partial charge in [-0.05, 0) is 51.2 Å². The van der Waals surface area contributed by atoms with Gasteiger partial charge in [-0.2, -0.15) is 0 Å². The molecule has 1 aromatic rings. The third-order valence-electron chi connectivity index (χ3n) is 6.07. The van der Waals surface area contributed by atoms with Crippen LogP contribution in [0.3, 0.4) is 0 Å². The molecular formula is C22H31NO4. The Morgan fingerprint density at radius 2 is 1.81 bits per heavy atom. The van der Waals surface area contributed by atoms with Crippen LogP contribution in [0.5, 0.6) is 0 Å². The van der Waals surface area contributed by atoms with Crippen molar-refractivity contribution in [1.82, 2.24) is 4.90 Å². The Labute approximate surface area is 162 Å². The molecule has 5 nitrogen and oxygen atoms in total. The first-order valence-electron chi connectivity index (χ1n) is 10.2. The molecule has 1 amide bonds. The van der Waals surface area contributed by atoms with E-state index in [9.17, 15) is 4.79 Å². The minimum atomic E-state index is -0.201. The van der Waals surface area contributed by atoms with Gasteiger partial charge in [0.2, 0.25) is 0 Å². The zero-order valence-electron chi connectivity index (χ0n) is 16.5. The number of carbonyl (C=O) groups excluding carboxylic acids is 1. The van der Waals surface area contributed by atoms with Crippen LogP contribution in [0, 0.1) is 19.8 Å². The summed E-state index contributed by atoms with van der Waals surface area (Å²) in [6.45, 7) is 8.70. The van der Waals surface area contributed by atoms with Crippen LogP contribution in [-0.4, -0.2) is 62.0 Å². The molecule has 3 aliphatic rings. The summed E-state index contributed by atoms with van der Waals surface area (Å²) in [5.74, 6) is 0.739. The van der Waals surface area contributed by atoms with Crippen molar-refractivity contribution in [2.24, 2.45) is 5.92 Å². The molecule has 0 N–H and O–H groups in total. The molecule has 4 rings (SSSR count). The predicted octanol–water partition coefficient (Wildman–Crippen LogP) is 3.12. The highest BCUT2D eigenvalue weighted by Crippen LogP contribution is 2.36. The molecule has 27 heavy (non-hydrogen) atoms. The fourth-order valence-corrected chi connectivity index (χ4v) is 4.60. The largest absolute Gasteiger partial charge is 0.381 e. The lowest BCUT2D eigenvalue weighted by atomic mass is 9.84. The molecule has 1 aromatic carbocycles. The van der Waals surface area contributed by atoms with Gasteiger partial charge in [0.05, 0.1) is 19.2 Å². The second-order valence-electron chi connectivity index (χ2n) is 8.57. The summed E-state index contributed by atoms with van der Waals surface area (Å²) < 4.78 is 17.7. The van der Waals surface area contributed by atoms with Gasteiger partial charge < -0.3 is 19.1 Å². The van der Waals surface area contributed by atoms with Crippen LogP contribution in [0.25, 0.3) is 0 Å². The van der Waals surface area contributed by atoms with Crippen molar-refractivity contribution in [3.63, 3.8) is 0 Å². The van der Waals surface area contributed by atoms with Gasteiger partial charge in [0.1, 0.15) is 5.60 Å². The molecule has 5 heteroatoms. The standard InChI is InChI=1S/C22H31NO4/c1-16-9-17(2)11-19(10-16)21(24)23-14-22(15-23)12-20(5-8-27-22)26-13-18-3-6-25-7-4-18/h9-11,18,20H,3-8,12-15H2,1-2H3/t20-/m0/s1. The third kappa shape index (κ3) is 4.36. The number of hydrogen-bond donors (Lipinski definition) is 0. The highest BCUT2D eigenvalue weighted by molar-refractivity contribution is 5.95. The molecule has 3 saturated heterocycles. The fourth-order valence-electron chi connectivity index (χ4n) is 4.60. The van der Waals surface area contributed by atoms with Gasteiger partial charge in [-0.1, -0.05) is 17.2 Å². The van der Waals surface area contributed by atoms with Crippen LogP contribution >= 0.6 is 0 Å². The number of likely N-dealkylation sites (tertiary alicyclic amines) is 1. The maximum atomic E-state index is 12.8. The summed E-state index contributed by atoms with van der Waals surface area (Å²) in [6.07, 6.45) is 4.31. The zero-order valence-corrected chi connectivity index (χ0v) is 16.5. The Bertz CT molecular complexity index is 657. The van der Waals surface area contributed by atoms with Gasteiger partial charge >= 0.3 is 0 Å². The molecule has 148 valence electrons. The quantitative estimate of drug-likeness (QED) is 0.814. The molecule has 3 fully saturated rings. The molecule has 0 bridgehead atoms. The van der Waals surface area contributed by atoms with E-state index < -0.39 is 0 Å². The molecule has 0 unspecified atom stereocenters. The number of benzene rings is 1. The monoisotopic (exact) mass is 373 g/mol. The Kier molecular flexibility index (Phi) is 5.53. The van der Waals surface area contributed by atoms with Crippen LogP contribution in [0.1, 0.15) is 47.2 Å². The minimum absolute atomic E-state index is 0.112. The summed E-state index contributed by atoms with van der Waals surface area (Å²) in [7, 11) is 0. The fraction of sp³-hybridized carbons (Fsp3) is 0.682. The van der Waals surface area contributed by atoms with Gasteiger partial charge in [0.25, 0.3) is 5.91 Å². The number of nitrogens with zero attached hydrogens (tertiary/aromatic N) is 1. The number of rotatable bonds is 4. The van der Waals surface area contributed by atoms with Crippen molar-refractivity contribution < 1.29 is 19.0 Å². The van der Waals surface area contributed by atoms with Gasteiger partial charge in [-0.15, -0.1) is 0 Å². The topological polar surface area (TPSA) is 48.0 Å². The first kappa shape index (κ1) is 18.9. The molecule has 0 saturated carbocycles. The zero-order chi connectivity index (χ0) is 18.9. The highest BCUT2D eigenvalue weighted by Gasteiger charge is 2.49. The second kappa shape index (κ2) is 7.90. The van der Waals surface area contributed by atoms with Crippen LogP contribution in [0.2, 0.25) is 0 Å². The third-order valence-corrected chi connectivity index (χ3v) is 6.07. The lowest BCUT2D eigenvalue weighted by molar-refractivity contribution is -0.188. The lowest BCUT2D eigenvalue weighted by Crippen LogP contribution is -2.67. The van der Waals surface area contributed by atoms with E-state index in [-0.39, 0.29) is 17.6 Å². The smallest absolute Gasteiger partial charge is 0.254 e. The van der Waals surface area contributed by atoms with Crippen molar-refractivity contribution in [3.05, 3.63) is 34.9 Å². The summed E-state index contributed by atoms with van der Waals surface area (Å²) in [5, 5.41) is 0. The maximum absolute atomic E-state index is 12.8. The Balaban J connectivity index is 1.29. The number of amides is 1. The van der Waals surface area contributed by atoms with Crippen LogP contribution < -0.4 is 0 Å². The predicted molar refractivity (Wildman–Crippen MR) is 103 cm³/mol. The van der Waals surface area contributed by atoms with E-state index in [1.165, 1.54) is 0 Å². The first-order chi connectivity index (χ1) is 13.0. The van der Waals surface area contributed by atoms with Crippen molar-refractivity contribution >= 4 is 5.91 Å². The summed E-state index contributed by atoms with van der Waals surface area (Å²) in [5.41, 5.74) is 2.84. The highest BCUT2D eigenvalue weighted by atomic mass is 16.5. The summed E-state index contributed by atoms with van der Waals surface area (Å²) in [6, 6.07) is 6.04. The van der Waals surface area contributed by atoms with Crippen LogP contribution in [0.4, 0.5) is 0 Å². The molecule has 1 spiro atoms. The Hall–Kier alpha value is -1.43. The molecule has 3 heterocycles. The van der Waals surface area contributed by atoms with Crippen molar-refractivity contribution in [1.29, 1.82) is 0 Å². The molecule has 1 atom stereocenters. The first-order valence-corrected chi connectivity index (χ1v) is 10.2. The van der Waals surface area contributed by atoms with E-state index >= 15 is 0 Å². The van der Waals surface area contributed by atoms with E-state index in [0.29, 0.717) is 19.0 Å². The minimum Gasteiger partial charge on any atom is -0.381 e. The van der Waals surface area contributed by atoms with Gasteiger partial charge in [-0.3, -0.25) is 4.79 Å². The van der Waals surface area contributed by atoms with E-state index in [0.717, 1.165) is 68.8 Å². The summed E-state index contributed by atoms with van der Waals surface area (Å²) in [4.78, 5) is 14.7. The van der Waals surface area contributed by atoms with E-state index in [2.05, 4.69) is 6.07 Å². The second-order valence-corrected chi connectivity index (χ2v) is 8.57. The van der Waals surface area contributed by atoms with Crippen molar-refractivity contribution in [3.8, 4) is 0 Å². The number of ether oxygens (including phenoxy) is 3. The normalized spacial score (nSPS) is 25.4. The number of aryl methyl sites for hydroxylation is 2.